The van der Waals surface area contributed by atoms with Crippen LogP contribution in [0.3, 0.4) is 0 Å². The molecule has 3 aliphatic heterocycles. The number of likely N-dealkylation sites (tertiary alicyclic amines) is 2. The molecule has 3 saturated heterocycles. The van der Waals surface area contributed by atoms with Crippen molar-refractivity contribution >= 4 is 23.9 Å². The third kappa shape index (κ3) is 5.02. The van der Waals surface area contributed by atoms with Crippen LogP contribution in [0.5, 0.6) is 0 Å². The van der Waals surface area contributed by atoms with Crippen molar-refractivity contribution < 1.29 is 14.4 Å². The van der Waals surface area contributed by atoms with Gasteiger partial charge < -0.3 is 15.1 Å². The summed E-state index contributed by atoms with van der Waals surface area (Å²) in [5, 5.41) is 3.11. The first kappa shape index (κ1) is 24.4. The molecule has 4 amide bonds. The second-order valence-corrected chi connectivity index (χ2v) is 9.86. The zero-order valence-electron chi connectivity index (χ0n) is 20.4. The molecule has 4 heterocycles. The van der Waals surface area contributed by atoms with Gasteiger partial charge >= 0.3 is 6.03 Å². The van der Waals surface area contributed by atoms with E-state index in [9.17, 15) is 14.4 Å². The van der Waals surface area contributed by atoms with E-state index < -0.39 is 5.54 Å². The molecule has 3 aliphatic rings. The molecule has 0 unspecified atom stereocenters. The molecule has 1 aromatic rings. The van der Waals surface area contributed by atoms with Crippen LogP contribution in [0.15, 0.2) is 30.5 Å². The van der Waals surface area contributed by atoms with Gasteiger partial charge in [0.15, 0.2) is 0 Å². The van der Waals surface area contributed by atoms with E-state index in [0.717, 1.165) is 31.5 Å². The summed E-state index contributed by atoms with van der Waals surface area (Å²) in [6.45, 7) is 4.77. The van der Waals surface area contributed by atoms with Gasteiger partial charge in [0.1, 0.15) is 5.54 Å². The normalized spacial score (nSPS) is 26.6. The Morgan fingerprint density at radius 2 is 2.00 bits per heavy atom. The van der Waals surface area contributed by atoms with Gasteiger partial charge in [-0.05, 0) is 76.2 Å². The molecule has 2 atom stereocenters. The van der Waals surface area contributed by atoms with Crippen molar-refractivity contribution in [3.05, 3.63) is 36.2 Å². The van der Waals surface area contributed by atoms with Gasteiger partial charge in [-0.3, -0.25) is 19.5 Å². The number of piperidine rings is 1. The number of carbonyl (C=O) groups is 3. The highest BCUT2D eigenvalue weighted by atomic mass is 16.2. The number of nitrogens with zero attached hydrogens (tertiary/aromatic N) is 4. The summed E-state index contributed by atoms with van der Waals surface area (Å²) in [6, 6.07) is 5.77. The molecule has 0 radical (unpaired) electrons. The molecule has 3 fully saturated rings. The van der Waals surface area contributed by atoms with Gasteiger partial charge in [0.2, 0.25) is 5.91 Å². The van der Waals surface area contributed by atoms with Gasteiger partial charge in [0, 0.05) is 37.9 Å². The van der Waals surface area contributed by atoms with Crippen LogP contribution in [0.2, 0.25) is 0 Å². The van der Waals surface area contributed by atoms with Crippen LogP contribution < -0.4 is 5.32 Å². The molecule has 0 saturated carbocycles. The summed E-state index contributed by atoms with van der Waals surface area (Å²) in [7, 11) is 2.12. The molecule has 0 bridgehead atoms. The average molecular weight is 468 g/mol. The van der Waals surface area contributed by atoms with E-state index in [1.54, 1.807) is 18.3 Å². The van der Waals surface area contributed by atoms with Gasteiger partial charge in [-0.1, -0.05) is 19.4 Å². The van der Waals surface area contributed by atoms with Crippen molar-refractivity contribution in [2.75, 3.05) is 33.2 Å². The number of imide groups is 1. The fourth-order valence-electron chi connectivity index (χ4n) is 5.84. The summed E-state index contributed by atoms with van der Waals surface area (Å²) < 4.78 is 0. The van der Waals surface area contributed by atoms with Gasteiger partial charge in [-0.25, -0.2) is 4.79 Å². The van der Waals surface area contributed by atoms with Crippen LogP contribution in [-0.4, -0.2) is 82.3 Å². The number of hydrogen-bond donors (Lipinski definition) is 1. The lowest BCUT2D eigenvalue weighted by molar-refractivity contribution is -0.135. The third-order valence-corrected chi connectivity index (χ3v) is 7.79. The fourth-order valence-corrected chi connectivity index (χ4v) is 5.84. The molecule has 184 valence electrons. The van der Waals surface area contributed by atoms with Crippen molar-refractivity contribution in [2.24, 2.45) is 5.92 Å². The van der Waals surface area contributed by atoms with Crippen molar-refractivity contribution in [2.45, 2.75) is 63.5 Å². The Kier molecular flexibility index (Phi) is 7.66. The summed E-state index contributed by atoms with van der Waals surface area (Å²) in [5.74, 6) is -0.0792. The van der Waals surface area contributed by atoms with Crippen LogP contribution in [-0.2, 0) is 9.59 Å². The first-order chi connectivity index (χ1) is 16.4. The number of carbonyl (C=O) groups excluding carboxylic acids is 3. The molecule has 8 heteroatoms. The largest absolute Gasteiger partial charge is 0.339 e. The first-order valence-corrected chi connectivity index (χ1v) is 12.7. The zero-order chi connectivity index (χ0) is 24.1. The third-order valence-electron chi connectivity index (χ3n) is 7.79. The van der Waals surface area contributed by atoms with Crippen molar-refractivity contribution in [3.63, 3.8) is 0 Å². The van der Waals surface area contributed by atoms with E-state index in [1.807, 2.05) is 23.1 Å². The molecule has 1 aromatic heterocycles. The Bertz CT molecular complexity index is 912. The number of urea groups is 1. The summed E-state index contributed by atoms with van der Waals surface area (Å²) in [6.07, 6.45) is 11.0. The zero-order valence-corrected chi connectivity index (χ0v) is 20.4. The lowest BCUT2D eigenvalue weighted by atomic mass is 9.74. The maximum atomic E-state index is 13.6. The topological polar surface area (TPSA) is 85.8 Å². The van der Waals surface area contributed by atoms with Crippen LogP contribution in [0.25, 0.3) is 6.08 Å². The van der Waals surface area contributed by atoms with E-state index in [0.29, 0.717) is 44.9 Å². The lowest BCUT2D eigenvalue weighted by Gasteiger charge is -2.40. The Hall–Kier alpha value is -2.74. The number of nitrogens with one attached hydrogen (secondary N) is 1. The molecular weight excluding hydrogens is 430 g/mol. The molecule has 1 N–H and O–H groups in total. The highest BCUT2D eigenvalue weighted by molar-refractivity contribution is 6.07. The number of hydrogen-bond acceptors (Lipinski definition) is 5. The quantitative estimate of drug-likeness (QED) is 0.469. The maximum absolute atomic E-state index is 13.6. The van der Waals surface area contributed by atoms with Crippen LogP contribution in [0.1, 0.15) is 57.6 Å². The highest BCUT2D eigenvalue weighted by Gasteiger charge is 2.55. The van der Waals surface area contributed by atoms with Crippen LogP contribution in [0, 0.1) is 5.92 Å². The fraction of sp³-hybridized carbons (Fsp3) is 0.615. The number of amides is 4. The molecule has 34 heavy (non-hydrogen) atoms. The average Bonchev–Trinajstić information content (AvgIpc) is 3.37. The second kappa shape index (κ2) is 10.7. The van der Waals surface area contributed by atoms with E-state index in [-0.39, 0.29) is 23.8 Å². The van der Waals surface area contributed by atoms with Crippen molar-refractivity contribution in [3.8, 4) is 0 Å². The van der Waals surface area contributed by atoms with Gasteiger partial charge in [0.25, 0.3) is 5.91 Å². The number of pyridine rings is 1. The predicted molar refractivity (Wildman–Crippen MR) is 131 cm³/mol. The first-order valence-electron chi connectivity index (χ1n) is 12.7. The lowest BCUT2D eigenvalue weighted by Crippen LogP contribution is -2.56. The van der Waals surface area contributed by atoms with Gasteiger partial charge in [-0.2, -0.15) is 0 Å². The van der Waals surface area contributed by atoms with E-state index >= 15 is 0 Å². The minimum Gasteiger partial charge on any atom is -0.339 e. The van der Waals surface area contributed by atoms with Crippen LogP contribution >= 0.6 is 0 Å². The smallest absolute Gasteiger partial charge is 0.325 e. The van der Waals surface area contributed by atoms with E-state index in [4.69, 9.17) is 0 Å². The van der Waals surface area contributed by atoms with Crippen molar-refractivity contribution in [1.82, 2.24) is 25.0 Å². The standard InChI is InChI=1S/C26H37N5O3/c1-3-14-26(24(33)31(25(34)28-26)19-13-22-8-6-16-29(22)2)20-11-17-30(18-12-20)23(32)10-9-21-7-4-5-15-27-21/h4-5,7,9-10,15,20,22H,3,6,8,11-14,16-19H2,1-2H3,(H,28,34)/b10-9+/t22-,26-/m0/s1. The molecule has 0 aromatic carbocycles. The Morgan fingerprint density at radius 1 is 1.21 bits per heavy atom. The minimum atomic E-state index is -0.841. The molecule has 0 aliphatic carbocycles. The SMILES string of the molecule is CCC[C@@]1(C2CCN(C(=O)/C=C/c3ccccn3)CC2)NC(=O)N(CC[C@@H]2CCCN2C)C1=O. The summed E-state index contributed by atoms with van der Waals surface area (Å²) in [5.41, 5.74) is -0.0948. The summed E-state index contributed by atoms with van der Waals surface area (Å²) in [4.78, 5) is 49.0. The van der Waals surface area contributed by atoms with E-state index in [2.05, 4.69) is 29.2 Å². The summed E-state index contributed by atoms with van der Waals surface area (Å²) >= 11 is 0. The number of rotatable bonds is 8. The molecule has 4 rings (SSSR count). The van der Waals surface area contributed by atoms with E-state index in [1.165, 1.54) is 11.3 Å². The maximum Gasteiger partial charge on any atom is 0.325 e. The Balaban J connectivity index is 1.37. The van der Waals surface area contributed by atoms with Gasteiger partial charge in [0.05, 0.1) is 5.69 Å². The molecule has 0 spiro atoms. The number of aromatic nitrogens is 1. The molecular formula is C26H37N5O3. The predicted octanol–water partition coefficient (Wildman–Crippen LogP) is 2.91. The monoisotopic (exact) mass is 467 g/mol. The Labute approximate surface area is 202 Å². The van der Waals surface area contributed by atoms with Crippen LogP contribution in [0.4, 0.5) is 4.79 Å². The minimum absolute atomic E-state index is 0.0341. The Morgan fingerprint density at radius 3 is 2.65 bits per heavy atom. The molecule has 8 nitrogen and oxygen atoms in total. The van der Waals surface area contributed by atoms with Crippen molar-refractivity contribution in [1.29, 1.82) is 0 Å². The second-order valence-electron chi connectivity index (χ2n) is 9.86. The highest BCUT2D eigenvalue weighted by Crippen LogP contribution is 2.37. The van der Waals surface area contributed by atoms with Gasteiger partial charge in [-0.15, -0.1) is 0 Å².